The molecule has 1 aromatic rings. The van der Waals surface area contributed by atoms with Crippen LogP contribution in [0.5, 0.6) is 0 Å². The van der Waals surface area contributed by atoms with Crippen LogP contribution < -0.4 is 0 Å². The van der Waals surface area contributed by atoms with Crippen LogP contribution in [0.2, 0.25) is 0 Å². The van der Waals surface area contributed by atoms with Gasteiger partial charge in [0.25, 0.3) is 10.1 Å². The van der Waals surface area contributed by atoms with Gasteiger partial charge in [-0.2, -0.15) is 8.42 Å². The second kappa shape index (κ2) is 12.7. The van der Waals surface area contributed by atoms with E-state index in [0.717, 1.165) is 37.7 Å². The highest BCUT2D eigenvalue weighted by molar-refractivity contribution is 7.86. The Balaban J connectivity index is 2.27. The molecule has 0 atom stereocenters. The minimum absolute atomic E-state index is 0.212. The highest BCUT2D eigenvalue weighted by Crippen LogP contribution is 2.15. The van der Waals surface area contributed by atoms with Crippen LogP contribution in [0.25, 0.3) is 0 Å². The average Bonchev–Trinajstić information content (AvgIpc) is 2.61. The summed E-state index contributed by atoms with van der Waals surface area (Å²) in [5.41, 5.74) is 5.19. The highest BCUT2D eigenvalue weighted by atomic mass is 32.2. The van der Waals surface area contributed by atoms with Crippen molar-refractivity contribution in [2.24, 2.45) is 0 Å². The monoisotopic (exact) mass is 404 g/mol. The zero-order valence-electron chi connectivity index (χ0n) is 18.1. The van der Waals surface area contributed by atoms with Crippen molar-refractivity contribution in [1.29, 1.82) is 0 Å². The standard InChI is InChI=1S/C24H36O3S/c1-20(2)10-8-12-22(4)14-9-13-21(3)11-6-7-19-27-28(25,26)24-17-15-23(5)16-18-24/h10-11,14-18H,6-9,12-13,19H2,1-5H3/b21-11+,22-14+. The second-order valence-electron chi connectivity index (χ2n) is 7.69. The molecule has 0 bridgehead atoms. The molecule has 3 nitrogen and oxygen atoms in total. The molecule has 1 rings (SSSR count). The van der Waals surface area contributed by atoms with E-state index in [1.807, 2.05) is 6.92 Å². The van der Waals surface area contributed by atoms with Gasteiger partial charge in [0.2, 0.25) is 0 Å². The highest BCUT2D eigenvalue weighted by Gasteiger charge is 2.13. The van der Waals surface area contributed by atoms with E-state index >= 15 is 0 Å². The molecule has 4 heteroatoms. The first-order valence-corrected chi connectivity index (χ1v) is 11.5. The predicted octanol–water partition coefficient (Wildman–Crippen LogP) is 6.90. The lowest BCUT2D eigenvalue weighted by atomic mass is 10.1. The molecule has 0 heterocycles. The molecule has 0 aliphatic carbocycles. The van der Waals surface area contributed by atoms with Crippen LogP contribution in [-0.2, 0) is 14.3 Å². The van der Waals surface area contributed by atoms with Gasteiger partial charge in [-0.25, -0.2) is 0 Å². The van der Waals surface area contributed by atoms with Crippen molar-refractivity contribution < 1.29 is 12.6 Å². The number of benzene rings is 1. The van der Waals surface area contributed by atoms with Crippen LogP contribution in [0, 0.1) is 6.92 Å². The van der Waals surface area contributed by atoms with Gasteiger partial charge in [-0.15, -0.1) is 0 Å². The number of aryl methyl sites for hydroxylation is 1. The average molecular weight is 405 g/mol. The van der Waals surface area contributed by atoms with Crippen LogP contribution in [0.4, 0.5) is 0 Å². The van der Waals surface area contributed by atoms with Crippen molar-refractivity contribution >= 4 is 10.1 Å². The maximum absolute atomic E-state index is 12.1. The van der Waals surface area contributed by atoms with E-state index in [2.05, 4.69) is 45.9 Å². The Hall–Kier alpha value is -1.65. The van der Waals surface area contributed by atoms with Crippen molar-refractivity contribution in [2.45, 2.75) is 78.0 Å². The van der Waals surface area contributed by atoms with Crippen molar-refractivity contribution in [3.05, 3.63) is 64.8 Å². The predicted molar refractivity (Wildman–Crippen MR) is 119 cm³/mol. The summed E-state index contributed by atoms with van der Waals surface area (Å²) in [6, 6.07) is 6.73. The maximum atomic E-state index is 12.1. The Bertz CT molecular complexity index is 778. The third-order valence-corrected chi connectivity index (χ3v) is 5.84. The minimum atomic E-state index is -3.65. The lowest BCUT2D eigenvalue weighted by molar-refractivity contribution is 0.313. The van der Waals surface area contributed by atoms with Crippen molar-refractivity contribution in [2.75, 3.05) is 6.61 Å². The first kappa shape index (κ1) is 24.4. The molecule has 0 N–H and O–H groups in total. The van der Waals surface area contributed by atoms with E-state index in [1.165, 1.54) is 16.7 Å². The summed E-state index contributed by atoms with van der Waals surface area (Å²) in [5.74, 6) is 0. The fourth-order valence-corrected chi connectivity index (χ4v) is 3.66. The van der Waals surface area contributed by atoms with Gasteiger partial charge < -0.3 is 0 Å². The smallest absolute Gasteiger partial charge is 0.266 e. The van der Waals surface area contributed by atoms with Gasteiger partial charge in [-0.3, -0.25) is 4.18 Å². The fourth-order valence-electron chi connectivity index (χ4n) is 2.71. The van der Waals surface area contributed by atoms with Crippen LogP contribution in [0.3, 0.4) is 0 Å². The van der Waals surface area contributed by atoms with Crippen LogP contribution in [0.15, 0.2) is 64.1 Å². The molecule has 0 fully saturated rings. The molecule has 0 aromatic heterocycles. The second-order valence-corrected chi connectivity index (χ2v) is 9.31. The van der Waals surface area contributed by atoms with Crippen molar-refractivity contribution in [3.8, 4) is 0 Å². The van der Waals surface area contributed by atoms with E-state index in [0.29, 0.717) is 6.42 Å². The van der Waals surface area contributed by atoms with Gasteiger partial charge in [-0.05, 0) is 85.3 Å². The fraction of sp³-hybridized carbons (Fsp3) is 0.500. The Morgan fingerprint density at radius 3 is 1.96 bits per heavy atom. The van der Waals surface area contributed by atoms with Crippen LogP contribution in [0.1, 0.15) is 71.8 Å². The van der Waals surface area contributed by atoms with Gasteiger partial charge in [0.15, 0.2) is 0 Å². The Labute approximate surface area is 172 Å². The Morgan fingerprint density at radius 2 is 1.39 bits per heavy atom. The molecular weight excluding hydrogens is 368 g/mol. The third-order valence-electron chi connectivity index (χ3n) is 4.51. The molecule has 0 amide bonds. The number of hydrogen-bond donors (Lipinski definition) is 0. The van der Waals surface area contributed by atoms with Gasteiger partial charge in [-0.1, -0.05) is 52.6 Å². The summed E-state index contributed by atoms with van der Waals surface area (Å²) in [6.07, 6.45) is 12.7. The van der Waals surface area contributed by atoms with Crippen molar-refractivity contribution in [1.82, 2.24) is 0 Å². The van der Waals surface area contributed by atoms with Crippen molar-refractivity contribution in [3.63, 3.8) is 0 Å². The zero-order chi connectivity index (χ0) is 21.0. The molecule has 0 spiro atoms. The lowest BCUT2D eigenvalue weighted by Crippen LogP contribution is -2.07. The van der Waals surface area contributed by atoms with E-state index in [1.54, 1.807) is 24.3 Å². The van der Waals surface area contributed by atoms with E-state index in [-0.39, 0.29) is 11.5 Å². The topological polar surface area (TPSA) is 43.4 Å². The number of unbranched alkanes of at least 4 members (excludes halogenated alkanes) is 1. The van der Waals surface area contributed by atoms with Gasteiger partial charge >= 0.3 is 0 Å². The molecule has 0 aliphatic heterocycles. The van der Waals surface area contributed by atoms with E-state index in [9.17, 15) is 8.42 Å². The van der Waals surface area contributed by atoms with Crippen LogP contribution >= 0.6 is 0 Å². The number of rotatable bonds is 12. The molecule has 0 saturated heterocycles. The normalized spacial score (nSPS) is 12.9. The summed E-state index contributed by atoms with van der Waals surface area (Å²) in [5, 5.41) is 0. The molecular formula is C24H36O3S. The molecule has 0 aliphatic rings. The molecule has 0 unspecified atom stereocenters. The summed E-state index contributed by atoms with van der Waals surface area (Å²) >= 11 is 0. The first-order valence-electron chi connectivity index (χ1n) is 10.1. The quantitative estimate of drug-likeness (QED) is 0.216. The molecule has 0 saturated carbocycles. The number of allylic oxidation sites excluding steroid dienone is 6. The lowest BCUT2D eigenvalue weighted by Gasteiger charge is -2.05. The van der Waals surface area contributed by atoms with E-state index in [4.69, 9.17) is 4.18 Å². The zero-order valence-corrected chi connectivity index (χ0v) is 18.9. The SMILES string of the molecule is CC(C)=CCC/C(C)=C/CC/C(C)=C/CCCOS(=O)(=O)c1ccc(C)cc1. The van der Waals surface area contributed by atoms with Gasteiger partial charge in [0.1, 0.15) is 0 Å². The largest absolute Gasteiger partial charge is 0.296 e. The summed E-state index contributed by atoms with van der Waals surface area (Å²) < 4.78 is 29.4. The van der Waals surface area contributed by atoms with Crippen LogP contribution in [-0.4, -0.2) is 15.0 Å². The molecule has 1 aromatic carbocycles. The van der Waals surface area contributed by atoms with E-state index < -0.39 is 10.1 Å². The maximum Gasteiger partial charge on any atom is 0.296 e. The Morgan fingerprint density at radius 1 is 0.857 bits per heavy atom. The summed E-state index contributed by atoms with van der Waals surface area (Å²) in [4.78, 5) is 0.219. The Kier molecular flexibility index (Phi) is 11.1. The molecule has 0 radical (unpaired) electrons. The molecule has 28 heavy (non-hydrogen) atoms. The van der Waals surface area contributed by atoms with Gasteiger partial charge in [0, 0.05) is 0 Å². The summed E-state index contributed by atoms with van der Waals surface area (Å²) in [6.45, 7) is 10.7. The summed E-state index contributed by atoms with van der Waals surface area (Å²) in [7, 11) is -3.65. The molecule has 156 valence electrons. The minimum Gasteiger partial charge on any atom is -0.266 e. The number of hydrogen-bond acceptors (Lipinski definition) is 3. The third kappa shape index (κ3) is 10.6. The first-order chi connectivity index (χ1) is 13.2. The van der Waals surface area contributed by atoms with Gasteiger partial charge in [0.05, 0.1) is 11.5 Å².